The van der Waals surface area contributed by atoms with Gasteiger partial charge < -0.3 is 5.11 Å². The van der Waals surface area contributed by atoms with Crippen molar-refractivity contribution in [2.75, 3.05) is 0 Å². The first-order valence-corrected chi connectivity index (χ1v) is 6.53. The molecule has 0 amide bonds. The normalized spacial score (nSPS) is 11.7. The van der Waals surface area contributed by atoms with Gasteiger partial charge in [-0.1, -0.05) is 17.7 Å². The summed E-state index contributed by atoms with van der Waals surface area (Å²) in [7, 11) is 0. The topological polar surface area (TPSA) is 37.3 Å². The number of rotatable bonds is 3. The maximum atomic E-state index is 11.1. The van der Waals surface area contributed by atoms with Gasteiger partial charge in [-0.3, -0.25) is 0 Å². The Morgan fingerprint density at radius 1 is 1.44 bits per heavy atom. The summed E-state index contributed by atoms with van der Waals surface area (Å²) in [6.45, 7) is 0. The van der Waals surface area contributed by atoms with Crippen LogP contribution in [-0.4, -0.2) is 11.1 Å². The van der Waals surface area contributed by atoms with Crippen molar-refractivity contribution < 1.29 is 9.90 Å². The lowest BCUT2D eigenvalue weighted by atomic mass is 10.2. The lowest BCUT2D eigenvalue weighted by Crippen LogP contribution is -1.97. The van der Waals surface area contributed by atoms with E-state index in [0.717, 1.165) is 9.75 Å². The molecule has 0 atom stereocenters. The van der Waals surface area contributed by atoms with Crippen molar-refractivity contribution in [2.45, 2.75) is 0 Å². The molecule has 0 fully saturated rings. The number of carbonyl (C=O) groups is 1. The number of halogens is 1. The van der Waals surface area contributed by atoms with Crippen LogP contribution in [0.5, 0.6) is 0 Å². The van der Waals surface area contributed by atoms with Gasteiger partial charge in [0.05, 0.1) is 10.6 Å². The van der Waals surface area contributed by atoms with Gasteiger partial charge in [0.15, 0.2) is 0 Å². The molecule has 0 aliphatic heterocycles. The van der Waals surface area contributed by atoms with Crippen molar-refractivity contribution in [1.82, 2.24) is 0 Å². The van der Waals surface area contributed by atoms with E-state index in [4.69, 9.17) is 16.7 Å². The minimum atomic E-state index is -0.924. The second-order valence-electron chi connectivity index (χ2n) is 3.01. The fourth-order valence-corrected chi connectivity index (χ4v) is 2.96. The molecular formula is C11H7ClO2S2. The summed E-state index contributed by atoms with van der Waals surface area (Å²) >= 11 is 8.62. The van der Waals surface area contributed by atoms with E-state index >= 15 is 0 Å². The first kappa shape index (κ1) is 11.4. The highest BCUT2D eigenvalue weighted by Gasteiger charge is 2.11. The molecule has 2 heterocycles. The van der Waals surface area contributed by atoms with Crippen LogP contribution in [0, 0.1) is 0 Å². The zero-order valence-corrected chi connectivity index (χ0v) is 10.4. The zero-order chi connectivity index (χ0) is 11.5. The smallest absolute Gasteiger partial charge is 0.337 e. The van der Waals surface area contributed by atoms with E-state index < -0.39 is 5.97 Å². The van der Waals surface area contributed by atoms with Crippen molar-refractivity contribution in [3.05, 3.63) is 43.7 Å². The third-order valence-corrected chi connectivity index (χ3v) is 4.02. The molecule has 82 valence electrons. The summed E-state index contributed by atoms with van der Waals surface area (Å²) in [4.78, 5) is 12.7. The van der Waals surface area contributed by atoms with E-state index in [9.17, 15) is 4.79 Å². The molecule has 0 bridgehead atoms. The minimum absolute atomic E-state index is 0.300. The number of thiophene rings is 2. The van der Waals surface area contributed by atoms with Gasteiger partial charge in [-0.2, -0.15) is 0 Å². The average molecular weight is 271 g/mol. The van der Waals surface area contributed by atoms with Crippen LogP contribution in [0.2, 0.25) is 5.02 Å². The molecule has 0 unspecified atom stereocenters. The van der Waals surface area contributed by atoms with Crippen molar-refractivity contribution in [3.63, 3.8) is 0 Å². The summed E-state index contributed by atoms with van der Waals surface area (Å²) in [5, 5.41) is 13.4. The highest BCUT2D eigenvalue weighted by atomic mass is 35.5. The standard InChI is InChI=1S/C11H7ClO2S2/c12-7-4-8(16-6-7)5-9(11(13)14)10-2-1-3-15-10/h1-6H,(H,13,14). The fraction of sp³-hybridized carbons (Fsp3) is 0. The first-order valence-electron chi connectivity index (χ1n) is 4.40. The Kier molecular flexibility index (Phi) is 3.43. The van der Waals surface area contributed by atoms with E-state index in [0.29, 0.717) is 10.6 Å². The van der Waals surface area contributed by atoms with Gasteiger partial charge in [0.25, 0.3) is 0 Å². The Balaban J connectivity index is 2.41. The quantitative estimate of drug-likeness (QED) is 0.853. The second kappa shape index (κ2) is 4.82. The van der Waals surface area contributed by atoms with E-state index in [-0.39, 0.29) is 0 Å². The third-order valence-electron chi connectivity index (χ3n) is 1.89. The Morgan fingerprint density at radius 3 is 2.75 bits per heavy atom. The Hall–Kier alpha value is -1.10. The molecule has 2 nitrogen and oxygen atoms in total. The molecule has 2 aromatic rings. The lowest BCUT2D eigenvalue weighted by Gasteiger charge is -1.97. The van der Waals surface area contributed by atoms with Gasteiger partial charge in [0.1, 0.15) is 0 Å². The SMILES string of the molecule is O=C(O)C(=Cc1cc(Cl)cs1)c1cccs1. The van der Waals surface area contributed by atoms with Gasteiger partial charge in [-0.15, -0.1) is 22.7 Å². The van der Waals surface area contributed by atoms with Crippen LogP contribution >= 0.6 is 34.3 Å². The number of carboxylic acid groups (broad SMARTS) is 1. The van der Waals surface area contributed by atoms with Gasteiger partial charge >= 0.3 is 5.97 Å². The van der Waals surface area contributed by atoms with Crippen molar-refractivity contribution in [3.8, 4) is 0 Å². The molecule has 0 saturated heterocycles. The van der Waals surface area contributed by atoms with E-state index in [2.05, 4.69) is 0 Å². The van der Waals surface area contributed by atoms with Gasteiger partial charge in [-0.05, 0) is 23.6 Å². The van der Waals surface area contributed by atoms with Crippen LogP contribution in [0.4, 0.5) is 0 Å². The van der Waals surface area contributed by atoms with Gasteiger partial charge in [-0.25, -0.2) is 4.79 Å². The highest BCUT2D eigenvalue weighted by Crippen LogP contribution is 2.27. The van der Waals surface area contributed by atoms with Gasteiger partial charge in [0.2, 0.25) is 0 Å². The maximum absolute atomic E-state index is 11.1. The zero-order valence-electron chi connectivity index (χ0n) is 8.01. The van der Waals surface area contributed by atoms with Crippen LogP contribution in [0.25, 0.3) is 11.6 Å². The average Bonchev–Trinajstić information content (AvgIpc) is 2.84. The maximum Gasteiger partial charge on any atom is 0.337 e. The summed E-state index contributed by atoms with van der Waals surface area (Å²) < 4.78 is 0. The fourth-order valence-electron chi connectivity index (χ4n) is 1.22. The summed E-state index contributed by atoms with van der Waals surface area (Å²) in [6, 6.07) is 5.38. The number of carboxylic acids is 1. The highest BCUT2D eigenvalue weighted by molar-refractivity contribution is 7.12. The molecule has 0 aliphatic rings. The molecule has 0 saturated carbocycles. The van der Waals surface area contributed by atoms with Crippen molar-refractivity contribution >= 4 is 51.9 Å². The predicted molar refractivity (Wildman–Crippen MR) is 69.2 cm³/mol. The number of hydrogen-bond acceptors (Lipinski definition) is 3. The Morgan fingerprint density at radius 2 is 2.25 bits per heavy atom. The van der Waals surface area contributed by atoms with E-state index in [1.165, 1.54) is 22.7 Å². The molecule has 2 rings (SSSR count). The molecule has 0 radical (unpaired) electrons. The van der Waals surface area contributed by atoms with Crippen LogP contribution in [0.1, 0.15) is 9.75 Å². The summed E-state index contributed by atoms with van der Waals surface area (Å²) in [6.07, 6.45) is 1.64. The summed E-state index contributed by atoms with van der Waals surface area (Å²) in [5.74, 6) is -0.924. The predicted octanol–water partition coefficient (Wildman–Crippen LogP) is 4.09. The molecule has 16 heavy (non-hydrogen) atoms. The number of hydrogen-bond donors (Lipinski definition) is 1. The van der Waals surface area contributed by atoms with Crippen LogP contribution in [0.15, 0.2) is 29.0 Å². The van der Waals surface area contributed by atoms with Gasteiger partial charge in [0, 0.05) is 15.1 Å². The van der Waals surface area contributed by atoms with Crippen LogP contribution < -0.4 is 0 Å². The molecule has 0 spiro atoms. The Labute approximate surface area is 105 Å². The Bertz CT molecular complexity index is 526. The largest absolute Gasteiger partial charge is 0.478 e. The monoisotopic (exact) mass is 270 g/mol. The minimum Gasteiger partial charge on any atom is -0.478 e. The number of aliphatic carboxylic acids is 1. The van der Waals surface area contributed by atoms with E-state index in [1.54, 1.807) is 23.6 Å². The van der Waals surface area contributed by atoms with Crippen LogP contribution in [0.3, 0.4) is 0 Å². The van der Waals surface area contributed by atoms with Crippen molar-refractivity contribution in [1.29, 1.82) is 0 Å². The molecular weight excluding hydrogens is 264 g/mol. The summed E-state index contributed by atoms with van der Waals surface area (Å²) in [5.41, 5.74) is 0.300. The van der Waals surface area contributed by atoms with Crippen molar-refractivity contribution in [2.24, 2.45) is 0 Å². The first-order chi connectivity index (χ1) is 7.66. The third kappa shape index (κ3) is 2.52. The molecule has 2 aromatic heterocycles. The molecule has 1 N–H and O–H groups in total. The molecule has 0 aromatic carbocycles. The second-order valence-corrected chi connectivity index (χ2v) is 5.33. The lowest BCUT2D eigenvalue weighted by molar-refractivity contribution is -0.130. The van der Waals surface area contributed by atoms with E-state index in [1.807, 2.05) is 11.4 Å². The molecule has 5 heteroatoms. The van der Waals surface area contributed by atoms with Crippen LogP contribution in [-0.2, 0) is 4.79 Å². The molecule has 0 aliphatic carbocycles.